The van der Waals surface area contributed by atoms with Crippen molar-refractivity contribution in [1.82, 2.24) is 15.3 Å². The summed E-state index contributed by atoms with van der Waals surface area (Å²) in [4.78, 5) is 21.2. The minimum Gasteiger partial charge on any atom is -0.490 e. The minimum absolute atomic E-state index is 0.00389. The second-order valence-electron chi connectivity index (χ2n) is 7.70. The lowest BCUT2D eigenvalue weighted by Crippen LogP contribution is -2.32. The molecule has 0 aliphatic heterocycles. The van der Waals surface area contributed by atoms with E-state index in [0.717, 1.165) is 42.3 Å². The zero-order valence-electron chi connectivity index (χ0n) is 20.0. The van der Waals surface area contributed by atoms with Gasteiger partial charge in [0, 0.05) is 19.0 Å². The molecule has 0 saturated carbocycles. The van der Waals surface area contributed by atoms with Gasteiger partial charge in [0.15, 0.2) is 29.0 Å². The van der Waals surface area contributed by atoms with Crippen molar-refractivity contribution in [2.75, 3.05) is 38.3 Å². The summed E-state index contributed by atoms with van der Waals surface area (Å²) in [6.45, 7) is 0.574. The van der Waals surface area contributed by atoms with Crippen LogP contribution in [-0.4, -0.2) is 65.3 Å². The Morgan fingerprint density at radius 3 is 2.56 bits per heavy atom. The number of aliphatic hydroxyl groups is 2. The largest absolute Gasteiger partial charge is 0.490 e. The van der Waals surface area contributed by atoms with Crippen LogP contribution >= 0.6 is 11.6 Å². The van der Waals surface area contributed by atoms with Crippen LogP contribution in [0, 0.1) is 0 Å². The number of nitrogens with zero attached hydrogens (tertiary/aromatic N) is 3. The summed E-state index contributed by atoms with van der Waals surface area (Å²) in [7, 11) is 1.66. The molecule has 0 aliphatic rings. The number of benzene rings is 2. The number of aldehydes is 1. The summed E-state index contributed by atoms with van der Waals surface area (Å²) in [5.74, 6) is 1.20. The predicted octanol–water partition coefficient (Wildman–Crippen LogP) is 1.54. The van der Waals surface area contributed by atoms with E-state index in [0.29, 0.717) is 12.2 Å². The highest BCUT2D eigenvalue weighted by Crippen LogP contribution is 2.29. The van der Waals surface area contributed by atoms with Crippen molar-refractivity contribution >= 4 is 46.3 Å². The number of ether oxygens (including phenoxy) is 1. The van der Waals surface area contributed by atoms with E-state index in [1.54, 1.807) is 7.05 Å². The summed E-state index contributed by atoms with van der Waals surface area (Å²) < 4.78 is 5.66. The Balaban J connectivity index is 0.000000346. The Morgan fingerprint density at radius 1 is 1.17 bits per heavy atom. The lowest BCUT2D eigenvalue weighted by Gasteiger charge is -2.14. The number of aliphatic imine (C=N–C) groups is 1. The van der Waals surface area contributed by atoms with Gasteiger partial charge in [0.2, 0.25) is 0 Å². The van der Waals surface area contributed by atoms with Gasteiger partial charge in [-0.05, 0) is 36.3 Å². The van der Waals surface area contributed by atoms with Crippen LogP contribution in [0.5, 0.6) is 5.75 Å². The number of halogens is 1. The first-order valence-electron chi connectivity index (χ1n) is 11.2. The number of nitrogens with two attached hydrogens (primary N) is 3. The van der Waals surface area contributed by atoms with Crippen molar-refractivity contribution in [3.63, 3.8) is 0 Å². The molecule has 2 aromatic carbocycles. The lowest BCUT2D eigenvalue weighted by atomic mass is 9.99. The van der Waals surface area contributed by atoms with E-state index in [1.165, 1.54) is 5.56 Å². The molecule has 0 bridgehead atoms. The average Bonchev–Trinajstić information content (AvgIpc) is 2.89. The van der Waals surface area contributed by atoms with Crippen molar-refractivity contribution in [3.8, 4) is 5.75 Å². The molecule has 194 valence electrons. The van der Waals surface area contributed by atoms with Gasteiger partial charge in [-0.3, -0.25) is 9.79 Å². The SMILES string of the molecule is CN=C(N)NCCCCc1ccc(OCC(O)CO)c2ccccc12.Nc1nc(N)c(C=O)nc1Cl. The number of aromatic nitrogens is 2. The molecular weight excluding hydrogens is 486 g/mol. The maximum Gasteiger partial charge on any atom is 0.188 e. The standard InChI is InChI=1S/C19H27N3O3.C5H5ClN4O/c1-21-19(20)22-11-5-4-6-14-9-10-18(25-13-15(24)12-23)17-8-3-2-7-16(14)17;6-3-5(8)10-4(7)2(1-11)9-3/h2-3,7-10,15,23-24H,4-6,11-13H2,1H3,(H3,20,21,22);1H,(H4,7,8,10). The monoisotopic (exact) mass is 517 g/mol. The van der Waals surface area contributed by atoms with Gasteiger partial charge in [-0.15, -0.1) is 0 Å². The van der Waals surface area contributed by atoms with Gasteiger partial charge >= 0.3 is 0 Å². The summed E-state index contributed by atoms with van der Waals surface area (Å²) in [5, 5.41) is 23.6. The Labute approximate surface area is 214 Å². The van der Waals surface area contributed by atoms with Crippen molar-refractivity contribution in [1.29, 1.82) is 0 Å². The topological polar surface area (TPSA) is 195 Å². The number of fused-ring (bicyclic) bond motifs is 1. The van der Waals surface area contributed by atoms with E-state index >= 15 is 0 Å². The van der Waals surface area contributed by atoms with E-state index < -0.39 is 6.10 Å². The second-order valence-corrected chi connectivity index (χ2v) is 8.05. The molecule has 0 saturated heterocycles. The van der Waals surface area contributed by atoms with Crippen LogP contribution < -0.4 is 27.3 Å². The molecule has 11 nitrogen and oxygen atoms in total. The van der Waals surface area contributed by atoms with Crippen molar-refractivity contribution in [2.24, 2.45) is 10.7 Å². The highest BCUT2D eigenvalue weighted by atomic mass is 35.5. The molecule has 1 unspecified atom stereocenters. The maximum atomic E-state index is 10.2. The normalized spacial score (nSPS) is 11.9. The number of nitrogens with one attached hydrogen (secondary N) is 1. The van der Waals surface area contributed by atoms with Gasteiger partial charge in [0.05, 0.1) is 6.61 Å². The minimum atomic E-state index is -0.870. The number of guanidine groups is 1. The number of hydrogen-bond acceptors (Lipinski definition) is 9. The molecule has 3 aromatic rings. The number of carbonyl (C=O) groups excluding carboxylic acids is 1. The molecule has 9 N–H and O–H groups in total. The van der Waals surface area contributed by atoms with Gasteiger partial charge < -0.3 is 37.5 Å². The molecule has 1 heterocycles. The molecule has 1 atom stereocenters. The van der Waals surface area contributed by atoms with Gasteiger partial charge in [0.1, 0.15) is 24.2 Å². The summed E-state index contributed by atoms with van der Waals surface area (Å²) in [6.07, 6.45) is 2.60. The van der Waals surface area contributed by atoms with Crippen LogP contribution in [0.3, 0.4) is 0 Å². The van der Waals surface area contributed by atoms with E-state index in [4.69, 9.17) is 38.6 Å². The highest BCUT2D eigenvalue weighted by molar-refractivity contribution is 6.31. The zero-order valence-corrected chi connectivity index (χ0v) is 20.8. The van der Waals surface area contributed by atoms with Crippen LogP contribution in [0.25, 0.3) is 10.8 Å². The first-order chi connectivity index (χ1) is 17.3. The average molecular weight is 518 g/mol. The lowest BCUT2D eigenvalue weighted by molar-refractivity contribution is 0.0541. The first kappa shape index (κ1) is 28.6. The van der Waals surface area contributed by atoms with Gasteiger partial charge in [-0.2, -0.15) is 0 Å². The molecule has 36 heavy (non-hydrogen) atoms. The molecular formula is C24H32ClN7O4. The Morgan fingerprint density at radius 2 is 1.89 bits per heavy atom. The molecule has 0 fully saturated rings. The molecule has 0 aliphatic carbocycles. The smallest absolute Gasteiger partial charge is 0.188 e. The summed E-state index contributed by atoms with van der Waals surface area (Å²) >= 11 is 5.45. The zero-order chi connectivity index (χ0) is 26.5. The van der Waals surface area contributed by atoms with E-state index in [-0.39, 0.29) is 35.7 Å². The van der Waals surface area contributed by atoms with Crippen LogP contribution in [0.1, 0.15) is 28.9 Å². The van der Waals surface area contributed by atoms with Crippen LogP contribution in [0.4, 0.5) is 11.6 Å². The van der Waals surface area contributed by atoms with E-state index in [2.05, 4.69) is 32.4 Å². The van der Waals surface area contributed by atoms with Crippen molar-refractivity contribution in [2.45, 2.75) is 25.4 Å². The third-order valence-electron chi connectivity index (χ3n) is 5.08. The Hall–Kier alpha value is -3.67. The fourth-order valence-electron chi connectivity index (χ4n) is 3.19. The fourth-order valence-corrected chi connectivity index (χ4v) is 3.33. The molecule has 0 spiro atoms. The molecule has 0 amide bonds. The number of nitrogen functional groups attached to an aromatic ring is 2. The first-order valence-corrected chi connectivity index (χ1v) is 11.6. The predicted molar refractivity (Wildman–Crippen MR) is 142 cm³/mol. The summed E-state index contributed by atoms with van der Waals surface area (Å²) in [5.41, 5.74) is 17.4. The molecule has 12 heteroatoms. The number of aliphatic hydroxyl groups excluding tert-OH is 2. The number of aryl methyl sites for hydroxylation is 1. The number of carbonyl (C=O) groups is 1. The number of anilines is 2. The fraction of sp³-hybridized carbons (Fsp3) is 0.333. The Kier molecular flexibility index (Phi) is 11.6. The molecule has 0 radical (unpaired) electrons. The van der Waals surface area contributed by atoms with Crippen LogP contribution in [-0.2, 0) is 6.42 Å². The van der Waals surface area contributed by atoms with Crippen LogP contribution in [0.2, 0.25) is 5.15 Å². The number of rotatable bonds is 10. The van der Waals surface area contributed by atoms with Gasteiger partial charge in [0.25, 0.3) is 0 Å². The van der Waals surface area contributed by atoms with Gasteiger partial charge in [-0.25, -0.2) is 9.97 Å². The maximum absolute atomic E-state index is 10.2. The second kappa shape index (κ2) is 14.7. The third kappa shape index (κ3) is 8.52. The quantitative estimate of drug-likeness (QED) is 0.0992. The highest BCUT2D eigenvalue weighted by Gasteiger charge is 2.09. The number of unbranched alkanes of at least 4 members (excludes halogenated alkanes) is 1. The van der Waals surface area contributed by atoms with E-state index in [9.17, 15) is 9.90 Å². The molecule has 1 aromatic heterocycles. The Bertz CT molecular complexity index is 1180. The summed E-state index contributed by atoms with van der Waals surface area (Å²) in [6, 6.07) is 12.1. The van der Waals surface area contributed by atoms with Crippen molar-refractivity contribution in [3.05, 3.63) is 52.8 Å². The van der Waals surface area contributed by atoms with Crippen LogP contribution in [0.15, 0.2) is 41.4 Å². The van der Waals surface area contributed by atoms with E-state index in [1.807, 2.05) is 24.3 Å². The van der Waals surface area contributed by atoms with Gasteiger partial charge in [-0.1, -0.05) is 41.9 Å². The third-order valence-corrected chi connectivity index (χ3v) is 5.36. The molecule has 3 rings (SSSR count). The van der Waals surface area contributed by atoms with Crippen molar-refractivity contribution < 1.29 is 19.7 Å². The number of hydrogen-bond donors (Lipinski definition) is 6.